The SMILES string of the molecule is Cc1cc(Br)cc(C)c1NC(=O)c1cccc(O)c1. The Bertz CT molecular complexity index is 615. The fourth-order valence-corrected chi connectivity index (χ4v) is 2.63. The molecular weight excluding hydrogens is 306 g/mol. The summed E-state index contributed by atoms with van der Waals surface area (Å²) in [6.07, 6.45) is 0. The third-order valence-electron chi connectivity index (χ3n) is 2.84. The molecule has 0 heterocycles. The van der Waals surface area contributed by atoms with E-state index in [0.717, 1.165) is 21.3 Å². The molecule has 2 aromatic carbocycles. The van der Waals surface area contributed by atoms with Gasteiger partial charge in [-0.05, 0) is 55.3 Å². The summed E-state index contributed by atoms with van der Waals surface area (Å²) in [6.45, 7) is 3.88. The summed E-state index contributed by atoms with van der Waals surface area (Å²) in [7, 11) is 0. The molecule has 0 saturated carbocycles. The molecule has 0 saturated heterocycles. The second-order valence-electron chi connectivity index (χ2n) is 4.42. The van der Waals surface area contributed by atoms with Crippen LogP contribution in [0.15, 0.2) is 40.9 Å². The Kier molecular flexibility index (Phi) is 3.90. The van der Waals surface area contributed by atoms with E-state index in [9.17, 15) is 9.90 Å². The number of halogens is 1. The van der Waals surface area contributed by atoms with Crippen molar-refractivity contribution < 1.29 is 9.90 Å². The zero-order valence-corrected chi connectivity index (χ0v) is 12.3. The maximum absolute atomic E-state index is 12.1. The zero-order chi connectivity index (χ0) is 14.0. The van der Waals surface area contributed by atoms with Crippen molar-refractivity contribution in [3.8, 4) is 5.75 Å². The van der Waals surface area contributed by atoms with Gasteiger partial charge in [-0.2, -0.15) is 0 Å². The summed E-state index contributed by atoms with van der Waals surface area (Å²) >= 11 is 3.42. The van der Waals surface area contributed by atoms with Gasteiger partial charge in [0.2, 0.25) is 0 Å². The minimum absolute atomic E-state index is 0.0805. The minimum Gasteiger partial charge on any atom is -0.508 e. The van der Waals surface area contributed by atoms with Gasteiger partial charge in [-0.3, -0.25) is 4.79 Å². The molecule has 0 aromatic heterocycles. The van der Waals surface area contributed by atoms with Crippen LogP contribution in [0, 0.1) is 13.8 Å². The van der Waals surface area contributed by atoms with E-state index in [1.165, 1.54) is 12.1 Å². The maximum Gasteiger partial charge on any atom is 0.255 e. The lowest BCUT2D eigenvalue weighted by atomic mass is 10.1. The van der Waals surface area contributed by atoms with E-state index in [2.05, 4.69) is 21.2 Å². The topological polar surface area (TPSA) is 49.3 Å². The summed E-state index contributed by atoms with van der Waals surface area (Å²) in [6, 6.07) is 10.2. The molecule has 98 valence electrons. The fraction of sp³-hybridized carbons (Fsp3) is 0.133. The van der Waals surface area contributed by atoms with E-state index in [0.29, 0.717) is 5.56 Å². The second kappa shape index (κ2) is 5.45. The molecule has 0 aliphatic carbocycles. The van der Waals surface area contributed by atoms with Gasteiger partial charge in [-0.1, -0.05) is 22.0 Å². The van der Waals surface area contributed by atoms with E-state index in [1.54, 1.807) is 12.1 Å². The van der Waals surface area contributed by atoms with E-state index >= 15 is 0 Å². The van der Waals surface area contributed by atoms with Crippen LogP contribution in [0.2, 0.25) is 0 Å². The molecule has 0 aliphatic rings. The number of rotatable bonds is 2. The molecule has 0 spiro atoms. The molecule has 0 unspecified atom stereocenters. The molecule has 0 fully saturated rings. The van der Waals surface area contributed by atoms with Crippen molar-refractivity contribution in [3.63, 3.8) is 0 Å². The molecule has 3 nitrogen and oxygen atoms in total. The number of carbonyl (C=O) groups is 1. The Labute approximate surface area is 120 Å². The molecule has 19 heavy (non-hydrogen) atoms. The van der Waals surface area contributed by atoms with Crippen molar-refractivity contribution in [1.29, 1.82) is 0 Å². The first-order valence-corrected chi connectivity index (χ1v) is 6.64. The van der Waals surface area contributed by atoms with E-state index in [4.69, 9.17) is 0 Å². The number of phenols is 1. The molecule has 2 aromatic rings. The summed E-state index contributed by atoms with van der Waals surface area (Å²) in [4.78, 5) is 12.1. The summed E-state index contributed by atoms with van der Waals surface area (Å²) < 4.78 is 0.984. The van der Waals surface area contributed by atoms with Gasteiger partial charge >= 0.3 is 0 Å². The quantitative estimate of drug-likeness (QED) is 0.878. The highest BCUT2D eigenvalue weighted by Crippen LogP contribution is 2.25. The van der Waals surface area contributed by atoms with Gasteiger partial charge < -0.3 is 10.4 Å². The largest absolute Gasteiger partial charge is 0.508 e. The Morgan fingerprint density at radius 1 is 1.16 bits per heavy atom. The molecule has 2 N–H and O–H groups in total. The lowest BCUT2D eigenvalue weighted by Gasteiger charge is -2.12. The van der Waals surface area contributed by atoms with Crippen LogP contribution in [0.5, 0.6) is 5.75 Å². The average molecular weight is 320 g/mol. The highest BCUT2D eigenvalue weighted by atomic mass is 79.9. The number of aryl methyl sites for hydroxylation is 2. The smallest absolute Gasteiger partial charge is 0.255 e. The van der Waals surface area contributed by atoms with Crippen LogP contribution in [0.3, 0.4) is 0 Å². The lowest BCUT2D eigenvalue weighted by Crippen LogP contribution is -2.13. The van der Waals surface area contributed by atoms with Crippen molar-refractivity contribution in [2.75, 3.05) is 5.32 Å². The molecule has 1 amide bonds. The van der Waals surface area contributed by atoms with Gasteiger partial charge in [0.25, 0.3) is 5.91 Å². The van der Waals surface area contributed by atoms with Crippen LogP contribution < -0.4 is 5.32 Å². The molecule has 0 radical (unpaired) electrons. The normalized spacial score (nSPS) is 10.3. The van der Waals surface area contributed by atoms with Gasteiger partial charge in [-0.15, -0.1) is 0 Å². The van der Waals surface area contributed by atoms with Crippen molar-refractivity contribution in [2.45, 2.75) is 13.8 Å². The number of hydrogen-bond donors (Lipinski definition) is 2. The lowest BCUT2D eigenvalue weighted by molar-refractivity contribution is 0.102. The molecular formula is C15H14BrNO2. The summed E-state index contributed by atoms with van der Waals surface area (Å²) in [5, 5.41) is 12.3. The molecule has 2 rings (SSSR count). The van der Waals surface area contributed by atoms with Gasteiger partial charge in [0.1, 0.15) is 5.75 Å². The van der Waals surface area contributed by atoms with Crippen molar-refractivity contribution >= 4 is 27.5 Å². The maximum atomic E-state index is 12.1. The van der Waals surface area contributed by atoms with Crippen LogP contribution in [0.1, 0.15) is 21.5 Å². The third kappa shape index (κ3) is 3.15. The molecule has 0 aliphatic heterocycles. The number of nitrogens with one attached hydrogen (secondary N) is 1. The Hall–Kier alpha value is -1.81. The average Bonchev–Trinajstić information content (AvgIpc) is 2.33. The highest BCUT2D eigenvalue weighted by molar-refractivity contribution is 9.10. The number of hydrogen-bond acceptors (Lipinski definition) is 2. The Morgan fingerprint density at radius 3 is 2.37 bits per heavy atom. The van der Waals surface area contributed by atoms with Gasteiger partial charge in [0, 0.05) is 15.7 Å². The van der Waals surface area contributed by atoms with Gasteiger partial charge in [-0.25, -0.2) is 0 Å². The van der Waals surface area contributed by atoms with Crippen molar-refractivity contribution in [1.82, 2.24) is 0 Å². The predicted molar refractivity (Wildman–Crippen MR) is 79.7 cm³/mol. The van der Waals surface area contributed by atoms with Crippen LogP contribution in [-0.4, -0.2) is 11.0 Å². The first kappa shape index (κ1) is 13.6. The number of aromatic hydroxyl groups is 1. The van der Waals surface area contributed by atoms with Crippen LogP contribution in [-0.2, 0) is 0 Å². The number of phenolic OH excluding ortho intramolecular Hbond substituents is 1. The summed E-state index contributed by atoms with van der Waals surface area (Å²) in [5.74, 6) is -0.152. The van der Waals surface area contributed by atoms with Crippen LogP contribution in [0.25, 0.3) is 0 Å². The van der Waals surface area contributed by atoms with Gasteiger partial charge in [0.15, 0.2) is 0 Å². The van der Waals surface area contributed by atoms with Crippen LogP contribution in [0.4, 0.5) is 5.69 Å². The molecule has 0 atom stereocenters. The van der Waals surface area contributed by atoms with Crippen LogP contribution >= 0.6 is 15.9 Å². The van der Waals surface area contributed by atoms with Crippen molar-refractivity contribution in [3.05, 3.63) is 57.6 Å². The standard InChI is InChI=1S/C15H14BrNO2/c1-9-6-12(16)7-10(2)14(9)17-15(19)11-4-3-5-13(18)8-11/h3-8,18H,1-2H3,(H,17,19). The monoisotopic (exact) mass is 319 g/mol. The first-order valence-electron chi connectivity index (χ1n) is 5.84. The third-order valence-corrected chi connectivity index (χ3v) is 3.30. The summed E-state index contributed by atoms with van der Waals surface area (Å²) in [5.41, 5.74) is 3.21. The number of anilines is 1. The predicted octanol–water partition coefficient (Wildman–Crippen LogP) is 4.02. The highest BCUT2D eigenvalue weighted by Gasteiger charge is 2.10. The Morgan fingerprint density at radius 2 is 1.79 bits per heavy atom. The fourth-order valence-electron chi connectivity index (χ4n) is 1.94. The zero-order valence-electron chi connectivity index (χ0n) is 10.7. The Balaban J connectivity index is 2.29. The molecule has 0 bridgehead atoms. The second-order valence-corrected chi connectivity index (χ2v) is 5.33. The number of carbonyl (C=O) groups excluding carboxylic acids is 1. The minimum atomic E-state index is -0.232. The molecule has 4 heteroatoms. The van der Waals surface area contributed by atoms with E-state index < -0.39 is 0 Å². The first-order chi connectivity index (χ1) is 8.97. The van der Waals surface area contributed by atoms with E-state index in [1.807, 2.05) is 26.0 Å². The van der Waals surface area contributed by atoms with Crippen molar-refractivity contribution in [2.24, 2.45) is 0 Å². The number of amides is 1. The van der Waals surface area contributed by atoms with E-state index in [-0.39, 0.29) is 11.7 Å². The van der Waals surface area contributed by atoms with Gasteiger partial charge in [0.05, 0.1) is 0 Å². The number of benzene rings is 2.